The van der Waals surface area contributed by atoms with Crippen LogP contribution in [-0.2, 0) is 13.2 Å². The van der Waals surface area contributed by atoms with Gasteiger partial charge in [-0.3, -0.25) is 4.68 Å². The van der Waals surface area contributed by atoms with Crippen molar-refractivity contribution < 1.29 is 13.2 Å². The third-order valence-electron chi connectivity index (χ3n) is 4.35. The van der Waals surface area contributed by atoms with E-state index in [1.54, 1.807) is 32.2 Å². The highest BCUT2D eigenvalue weighted by Crippen LogP contribution is 2.41. The molecule has 0 saturated carbocycles. The van der Waals surface area contributed by atoms with E-state index in [4.69, 9.17) is 11.6 Å². The summed E-state index contributed by atoms with van der Waals surface area (Å²) < 4.78 is 41.0. The summed E-state index contributed by atoms with van der Waals surface area (Å²) in [5.74, 6) is 0.00470. The summed E-state index contributed by atoms with van der Waals surface area (Å²) in [6.45, 7) is 0. The molecule has 0 unspecified atom stereocenters. The lowest BCUT2D eigenvalue weighted by Crippen LogP contribution is -2.08. The van der Waals surface area contributed by atoms with E-state index in [0.29, 0.717) is 5.56 Å². The first-order valence-electron chi connectivity index (χ1n) is 9.01. The molecule has 0 radical (unpaired) electrons. The number of hydrogen-bond acceptors (Lipinski definition) is 5. The number of pyridine rings is 1. The Morgan fingerprint density at radius 1 is 1.16 bits per heavy atom. The van der Waals surface area contributed by atoms with Crippen LogP contribution in [0.5, 0.6) is 0 Å². The van der Waals surface area contributed by atoms with Gasteiger partial charge in [-0.25, -0.2) is 9.98 Å². The maximum absolute atomic E-state index is 13.2. The van der Waals surface area contributed by atoms with Crippen LogP contribution in [0, 0.1) is 22.7 Å². The summed E-state index contributed by atoms with van der Waals surface area (Å²) >= 11 is 5.91. The second-order valence-electron chi connectivity index (χ2n) is 6.94. The van der Waals surface area contributed by atoms with Crippen molar-refractivity contribution in [1.82, 2.24) is 19.7 Å². The lowest BCUT2D eigenvalue weighted by molar-refractivity contribution is -0.137. The van der Waals surface area contributed by atoms with Crippen molar-refractivity contribution in [2.24, 2.45) is 12.0 Å². The largest absolute Gasteiger partial charge is 0.417 e. The van der Waals surface area contributed by atoms with Crippen molar-refractivity contribution in [3.05, 3.63) is 52.3 Å². The minimum absolute atomic E-state index is 0.00470. The minimum Gasteiger partial charge on any atom is -0.369 e. The molecule has 0 aliphatic heterocycles. The van der Waals surface area contributed by atoms with Crippen LogP contribution >= 0.6 is 11.6 Å². The topological polar surface area (TPSA) is 93.9 Å². The fraction of sp³-hybridized carbons (Fsp3) is 0.190. The number of aromatic nitrogens is 3. The maximum atomic E-state index is 13.2. The van der Waals surface area contributed by atoms with Crippen LogP contribution in [0.25, 0.3) is 22.4 Å². The first-order chi connectivity index (χ1) is 15.1. The molecule has 0 saturated heterocycles. The number of aryl methyl sites for hydroxylation is 1. The molecule has 0 spiro atoms. The zero-order chi connectivity index (χ0) is 23.6. The highest BCUT2D eigenvalue weighted by molar-refractivity contribution is 6.31. The van der Waals surface area contributed by atoms with Gasteiger partial charge in [0.1, 0.15) is 17.7 Å². The molecule has 7 nitrogen and oxygen atoms in total. The smallest absolute Gasteiger partial charge is 0.369 e. The number of halogens is 4. The van der Waals surface area contributed by atoms with Gasteiger partial charge in [0.2, 0.25) is 0 Å². The maximum Gasteiger partial charge on any atom is 0.417 e. The van der Waals surface area contributed by atoms with Gasteiger partial charge >= 0.3 is 6.18 Å². The molecule has 11 heteroatoms. The van der Waals surface area contributed by atoms with Crippen LogP contribution in [0.3, 0.4) is 0 Å². The summed E-state index contributed by atoms with van der Waals surface area (Å²) in [4.78, 5) is 10.3. The number of rotatable bonds is 4. The molecule has 0 bridgehead atoms. The van der Waals surface area contributed by atoms with Crippen LogP contribution in [0.2, 0.25) is 5.02 Å². The van der Waals surface area contributed by atoms with Crippen molar-refractivity contribution in [2.75, 3.05) is 14.1 Å². The van der Waals surface area contributed by atoms with Gasteiger partial charge < -0.3 is 4.90 Å². The summed E-state index contributed by atoms with van der Waals surface area (Å²) in [6, 6.07) is 7.06. The molecule has 0 aliphatic rings. The van der Waals surface area contributed by atoms with E-state index in [9.17, 15) is 23.7 Å². The van der Waals surface area contributed by atoms with Crippen LogP contribution in [0.15, 0.2) is 35.6 Å². The van der Waals surface area contributed by atoms with Crippen LogP contribution in [0.4, 0.5) is 19.0 Å². The summed E-state index contributed by atoms with van der Waals surface area (Å²) in [5.41, 5.74) is -0.175. The van der Waals surface area contributed by atoms with E-state index >= 15 is 0 Å². The third-order valence-corrected chi connectivity index (χ3v) is 4.67. The average molecular weight is 458 g/mol. The van der Waals surface area contributed by atoms with Crippen LogP contribution in [0.1, 0.15) is 16.7 Å². The van der Waals surface area contributed by atoms with Crippen molar-refractivity contribution >= 4 is 23.8 Å². The second-order valence-corrected chi connectivity index (χ2v) is 7.34. The Kier molecular flexibility index (Phi) is 6.19. The molecule has 2 aromatic heterocycles. The van der Waals surface area contributed by atoms with E-state index in [1.165, 1.54) is 17.2 Å². The van der Waals surface area contributed by atoms with Gasteiger partial charge in [0.15, 0.2) is 5.82 Å². The Morgan fingerprint density at radius 2 is 1.84 bits per heavy atom. The second kappa shape index (κ2) is 8.69. The lowest BCUT2D eigenvalue weighted by atomic mass is 9.92. The molecule has 0 N–H and O–H groups in total. The van der Waals surface area contributed by atoms with Gasteiger partial charge in [0, 0.05) is 38.5 Å². The van der Waals surface area contributed by atoms with E-state index in [2.05, 4.69) is 15.1 Å². The predicted molar refractivity (Wildman–Crippen MR) is 113 cm³/mol. The quantitative estimate of drug-likeness (QED) is 0.415. The normalized spacial score (nSPS) is 11.4. The molecule has 1 aromatic carbocycles. The standard InChI is InChI=1S/C21H15ClF3N7/c1-31(2)11-28-20-15(8-27)18(12-4-5-16(17(22)6-12)21(23,24)25)14(7-26)19(30-20)13-9-29-32(3)10-13/h4-6,9-11H,1-3H3. The zero-order valence-corrected chi connectivity index (χ0v) is 17.9. The molecule has 0 amide bonds. The van der Waals surface area contributed by atoms with Crippen LogP contribution in [-0.4, -0.2) is 40.1 Å². The van der Waals surface area contributed by atoms with Crippen molar-refractivity contribution in [1.29, 1.82) is 10.5 Å². The summed E-state index contributed by atoms with van der Waals surface area (Å²) in [6.07, 6.45) is -0.117. The average Bonchev–Trinajstić information content (AvgIpc) is 3.15. The van der Waals surface area contributed by atoms with Crippen molar-refractivity contribution in [3.63, 3.8) is 0 Å². The lowest BCUT2D eigenvalue weighted by Gasteiger charge is -2.15. The highest BCUT2D eigenvalue weighted by Gasteiger charge is 2.33. The number of nitrogens with zero attached hydrogens (tertiary/aromatic N) is 7. The number of benzene rings is 1. The molecule has 2 heterocycles. The fourth-order valence-electron chi connectivity index (χ4n) is 2.99. The molecular formula is C21H15ClF3N7. The van der Waals surface area contributed by atoms with Gasteiger partial charge in [0.25, 0.3) is 0 Å². The molecule has 3 rings (SSSR count). The Labute approximate surface area is 186 Å². The zero-order valence-electron chi connectivity index (χ0n) is 17.1. The molecule has 162 valence electrons. The molecule has 32 heavy (non-hydrogen) atoms. The van der Waals surface area contributed by atoms with E-state index in [0.717, 1.165) is 18.2 Å². The molecular weight excluding hydrogens is 443 g/mol. The highest BCUT2D eigenvalue weighted by atomic mass is 35.5. The van der Waals surface area contributed by atoms with Gasteiger partial charge in [-0.1, -0.05) is 17.7 Å². The Balaban J connectivity index is 2.40. The number of nitriles is 2. The van der Waals surface area contributed by atoms with E-state index < -0.39 is 16.8 Å². The van der Waals surface area contributed by atoms with Crippen molar-refractivity contribution in [3.8, 4) is 34.5 Å². The van der Waals surface area contributed by atoms with Gasteiger partial charge in [-0.2, -0.15) is 28.8 Å². The third kappa shape index (κ3) is 4.41. The predicted octanol–water partition coefficient (Wildman–Crippen LogP) is 4.79. The molecule has 0 atom stereocenters. The van der Waals surface area contributed by atoms with E-state index in [1.807, 2.05) is 12.1 Å². The SMILES string of the molecule is CN(C)C=Nc1nc(-c2cnn(C)c2)c(C#N)c(-c2ccc(C(F)(F)F)c(Cl)c2)c1C#N. The minimum atomic E-state index is -4.65. The Morgan fingerprint density at radius 3 is 2.34 bits per heavy atom. The molecule has 0 fully saturated rings. The van der Waals surface area contributed by atoms with Gasteiger partial charge in [-0.15, -0.1) is 0 Å². The van der Waals surface area contributed by atoms with Gasteiger partial charge in [-0.05, 0) is 17.7 Å². The number of alkyl halides is 3. The fourth-order valence-corrected chi connectivity index (χ4v) is 3.28. The monoisotopic (exact) mass is 457 g/mol. The number of aliphatic imine (C=N–C) groups is 1. The van der Waals surface area contributed by atoms with Crippen LogP contribution < -0.4 is 0 Å². The Bertz CT molecular complexity index is 1290. The van der Waals surface area contributed by atoms with Gasteiger partial charge in [0.05, 0.1) is 34.4 Å². The first-order valence-corrected chi connectivity index (χ1v) is 9.39. The first kappa shape index (κ1) is 22.8. The van der Waals surface area contributed by atoms with Crippen molar-refractivity contribution in [2.45, 2.75) is 6.18 Å². The molecule has 0 aliphatic carbocycles. The molecule has 3 aromatic rings. The summed E-state index contributed by atoms with van der Waals surface area (Å²) in [5, 5.41) is 23.3. The summed E-state index contributed by atoms with van der Waals surface area (Å²) in [7, 11) is 5.12. The Hall–Kier alpha value is -3.89. The van der Waals surface area contributed by atoms with E-state index in [-0.39, 0.29) is 33.8 Å². The number of hydrogen-bond donors (Lipinski definition) is 0.